The summed E-state index contributed by atoms with van der Waals surface area (Å²) >= 11 is 1.69. The molecule has 2 heterocycles. The quantitative estimate of drug-likeness (QED) is 0.621. The molecule has 2 aromatic heterocycles. The predicted octanol–water partition coefficient (Wildman–Crippen LogP) is 3.96. The minimum absolute atomic E-state index is 0.119. The molecule has 0 radical (unpaired) electrons. The van der Waals surface area contributed by atoms with Crippen LogP contribution in [-0.2, 0) is 6.61 Å². The van der Waals surface area contributed by atoms with Crippen LogP contribution in [0.25, 0.3) is 0 Å². The number of hydrogen-bond acceptors (Lipinski definition) is 6. The summed E-state index contributed by atoms with van der Waals surface area (Å²) < 4.78 is 11.0. The summed E-state index contributed by atoms with van der Waals surface area (Å²) in [7, 11) is 4.03. The highest BCUT2D eigenvalue weighted by Gasteiger charge is 2.17. The van der Waals surface area contributed by atoms with Gasteiger partial charge >= 0.3 is 0 Å². The molecule has 1 N–H and O–H groups in total. The number of nitrogens with zero attached hydrogens (tertiary/aromatic N) is 2. The first-order valence-corrected chi connectivity index (χ1v) is 9.96. The topological polar surface area (TPSA) is 67.6 Å². The van der Waals surface area contributed by atoms with Crippen LogP contribution >= 0.6 is 11.3 Å². The highest BCUT2D eigenvalue weighted by Crippen LogP contribution is 2.23. The molecule has 0 saturated heterocycles. The number of benzene rings is 1. The molecule has 28 heavy (non-hydrogen) atoms. The van der Waals surface area contributed by atoms with Crippen molar-refractivity contribution in [3.8, 4) is 5.75 Å². The van der Waals surface area contributed by atoms with Crippen molar-refractivity contribution in [2.45, 2.75) is 26.5 Å². The van der Waals surface area contributed by atoms with E-state index in [2.05, 4.69) is 21.4 Å². The van der Waals surface area contributed by atoms with Gasteiger partial charge in [-0.1, -0.05) is 17.3 Å². The number of carbonyl (C=O) groups is 1. The number of carbonyl (C=O) groups excluding carboxylic acids is 1. The zero-order chi connectivity index (χ0) is 20.1. The average Bonchev–Trinajstić information content (AvgIpc) is 3.31. The first kappa shape index (κ1) is 20.1. The number of hydrogen-bond donors (Lipinski definition) is 1. The number of aryl methyl sites for hydroxylation is 2. The van der Waals surface area contributed by atoms with Gasteiger partial charge in [0.2, 0.25) is 0 Å². The van der Waals surface area contributed by atoms with E-state index in [4.69, 9.17) is 9.26 Å². The van der Waals surface area contributed by atoms with Crippen LogP contribution in [0.15, 0.2) is 46.3 Å². The van der Waals surface area contributed by atoms with Crippen LogP contribution in [0.4, 0.5) is 0 Å². The Balaban J connectivity index is 1.62. The molecular weight excluding hydrogens is 374 g/mol. The van der Waals surface area contributed by atoms with Crippen LogP contribution in [0, 0.1) is 13.8 Å². The van der Waals surface area contributed by atoms with Crippen LogP contribution < -0.4 is 10.1 Å². The standard InChI is InChI=1S/C21H25N3O3S/c1-14-18(15(2)27-23-14)13-26-17-8-5-7-16(11-17)21(25)22-12-19(24(3)4)20-9-6-10-28-20/h5-11,19H,12-13H2,1-4H3,(H,22,25). The summed E-state index contributed by atoms with van der Waals surface area (Å²) in [6.45, 7) is 4.63. The zero-order valence-electron chi connectivity index (χ0n) is 16.6. The predicted molar refractivity (Wildman–Crippen MR) is 110 cm³/mol. The fourth-order valence-electron chi connectivity index (χ4n) is 2.90. The molecular formula is C21H25N3O3S. The van der Waals surface area contributed by atoms with Gasteiger partial charge in [-0.25, -0.2) is 0 Å². The second-order valence-corrected chi connectivity index (χ2v) is 7.80. The summed E-state index contributed by atoms with van der Waals surface area (Å²) in [5, 5.41) is 9.01. The van der Waals surface area contributed by atoms with E-state index in [0.29, 0.717) is 24.5 Å². The van der Waals surface area contributed by atoms with E-state index in [0.717, 1.165) is 17.0 Å². The Labute approximate surface area is 169 Å². The van der Waals surface area contributed by atoms with E-state index < -0.39 is 0 Å². The Morgan fingerprint density at radius 1 is 1.29 bits per heavy atom. The van der Waals surface area contributed by atoms with E-state index in [-0.39, 0.29) is 11.9 Å². The minimum atomic E-state index is -0.119. The monoisotopic (exact) mass is 399 g/mol. The van der Waals surface area contributed by atoms with Crippen molar-refractivity contribution in [2.24, 2.45) is 0 Å². The Kier molecular flexibility index (Phi) is 6.49. The van der Waals surface area contributed by atoms with E-state index in [1.165, 1.54) is 4.88 Å². The zero-order valence-corrected chi connectivity index (χ0v) is 17.4. The number of ether oxygens (including phenoxy) is 1. The Bertz CT molecular complexity index is 899. The van der Waals surface area contributed by atoms with Gasteiger partial charge in [0.15, 0.2) is 0 Å². The second-order valence-electron chi connectivity index (χ2n) is 6.82. The van der Waals surface area contributed by atoms with Crippen molar-refractivity contribution >= 4 is 17.2 Å². The van der Waals surface area contributed by atoms with Gasteiger partial charge in [0.1, 0.15) is 18.1 Å². The highest BCUT2D eigenvalue weighted by atomic mass is 32.1. The Morgan fingerprint density at radius 2 is 2.11 bits per heavy atom. The Hall–Kier alpha value is -2.64. The molecule has 1 aromatic carbocycles. The molecule has 1 atom stereocenters. The lowest BCUT2D eigenvalue weighted by molar-refractivity contribution is 0.0941. The van der Waals surface area contributed by atoms with Crippen LogP contribution in [0.2, 0.25) is 0 Å². The fraction of sp³-hybridized carbons (Fsp3) is 0.333. The number of likely N-dealkylation sites (N-methyl/N-ethyl adjacent to an activating group) is 1. The first-order chi connectivity index (χ1) is 13.5. The van der Waals surface area contributed by atoms with E-state index in [9.17, 15) is 4.79 Å². The number of amides is 1. The van der Waals surface area contributed by atoms with Gasteiger partial charge in [0.25, 0.3) is 5.91 Å². The van der Waals surface area contributed by atoms with Crippen molar-refractivity contribution in [2.75, 3.05) is 20.6 Å². The summed E-state index contributed by atoms with van der Waals surface area (Å²) in [4.78, 5) is 16.0. The van der Waals surface area contributed by atoms with Gasteiger partial charge in [0, 0.05) is 17.0 Å². The fourth-order valence-corrected chi connectivity index (χ4v) is 3.82. The van der Waals surface area contributed by atoms with Crippen LogP contribution in [0.1, 0.15) is 38.3 Å². The second kappa shape index (κ2) is 9.03. The molecule has 1 amide bonds. The third kappa shape index (κ3) is 4.79. The number of nitrogens with one attached hydrogen (secondary N) is 1. The number of thiophene rings is 1. The van der Waals surface area contributed by atoms with Crippen molar-refractivity contribution in [3.63, 3.8) is 0 Å². The SMILES string of the molecule is Cc1noc(C)c1COc1cccc(C(=O)NCC(c2cccs2)N(C)C)c1. The molecule has 0 fully saturated rings. The molecule has 6 nitrogen and oxygen atoms in total. The highest BCUT2D eigenvalue weighted by molar-refractivity contribution is 7.10. The minimum Gasteiger partial charge on any atom is -0.489 e. The van der Waals surface area contributed by atoms with E-state index in [1.54, 1.807) is 23.5 Å². The average molecular weight is 400 g/mol. The first-order valence-electron chi connectivity index (χ1n) is 9.08. The van der Waals surface area contributed by atoms with E-state index in [1.807, 2.05) is 51.5 Å². The van der Waals surface area contributed by atoms with Crippen LogP contribution in [0.5, 0.6) is 5.75 Å². The molecule has 0 aliphatic heterocycles. The lowest BCUT2D eigenvalue weighted by Gasteiger charge is -2.23. The van der Waals surface area contributed by atoms with Crippen molar-refractivity contribution < 1.29 is 14.1 Å². The molecule has 0 aliphatic carbocycles. The third-order valence-corrected chi connectivity index (χ3v) is 5.59. The summed E-state index contributed by atoms with van der Waals surface area (Å²) in [5.41, 5.74) is 2.31. The molecule has 3 rings (SSSR count). The van der Waals surface area contributed by atoms with Crippen LogP contribution in [-0.4, -0.2) is 36.6 Å². The number of rotatable bonds is 8. The molecule has 0 aliphatic rings. The maximum atomic E-state index is 12.6. The van der Waals surface area contributed by atoms with Gasteiger partial charge in [-0.05, 0) is 57.6 Å². The summed E-state index contributed by atoms with van der Waals surface area (Å²) in [5.74, 6) is 1.26. The van der Waals surface area contributed by atoms with Crippen molar-refractivity contribution in [3.05, 3.63) is 69.2 Å². The lowest BCUT2D eigenvalue weighted by Crippen LogP contribution is -2.34. The van der Waals surface area contributed by atoms with Gasteiger partial charge in [0.05, 0.1) is 17.3 Å². The molecule has 0 bridgehead atoms. The smallest absolute Gasteiger partial charge is 0.251 e. The Morgan fingerprint density at radius 3 is 2.75 bits per heavy atom. The van der Waals surface area contributed by atoms with Crippen molar-refractivity contribution in [1.82, 2.24) is 15.4 Å². The largest absolute Gasteiger partial charge is 0.489 e. The van der Waals surface area contributed by atoms with Gasteiger partial charge in [-0.3, -0.25) is 4.79 Å². The molecule has 1 unspecified atom stereocenters. The lowest BCUT2D eigenvalue weighted by atomic mass is 10.1. The van der Waals surface area contributed by atoms with Crippen LogP contribution in [0.3, 0.4) is 0 Å². The third-order valence-electron chi connectivity index (χ3n) is 4.61. The summed E-state index contributed by atoms with van der Waals surface area (Å²) in [6.07, 6.45) is 0. The number of aromatic nitrogens is 1. The molecule has 148 valence electrons. The van der Waals surface area contributed by atoms with Gasteiger partial charge in [-0.2, -0.15) is 0 Å². The molecule has 0 spiro atoms. The summed E-state index contributed by atoms with van der Waals surface area (Å²) in [6, 6.07) is 11.5. The molecule has 3 aromatic rings. The maximum absolute atomic E-state index is 12.6. The maximum Gasteiger partial charge on any atom is 0.251 e. The molecule has 0 saturated carbocycles. The van der Waals surface area contributed by atoms with Crippen molar-refractivity contribution in [1.29, 1.82) is 0 Å². The van der Waals surface area contributed by atoms with E-state index >= 15 is 0 Å². The van der Waals surface area contributed by atoms with Gasteiger partial charge in [-0.15, -0.1) is 11.3 Å². The molecule has 7 heteroatoms. The van der Waals surface area contributed by atoms with Gasteiger partial charge < -0.3 is 19.5 Å². The normalized spacial score (nSPS) is 12.2.